The summed E-state index contributed by atoms with van der Waals surface area (Å²) in [6.45, 7) is 2.24. The molecule has 1 N–H and O–H groups in total. The molecular weight excluding hydrogens is 286 g/mol. The SMILES string of the molecule is CCCCCCCCc1ccc(-c2ccc(C(=O)O)cn2)cc1. The summed E-state index contributed by atoms with van der Waals surface area (Å²) >= 11 is 0. The number of rotatable bonds is 9. The van der Waals surface area contributed by atoms with Gasteiger partial charge in [0.15, 0.2) is 0 Å². The molecule has 3 heteroatoms. The first-order chi connectivity index (χ1) is 11.2. The van der Waals surface area contributed by atoms with E-state index in [0.29, 0.717) is 0 Å². The molecule has 0 aliphatic rings. The molecule has 0 saturated carbocycles. The van der Waals surface area contributed by atoms with Crippen molar-refractivity contribution in [3.8, 4) is 11.3 Å². The highest BCUT2D eigenvalue weighted by Gasteiger charge is 2.04. The number of hydrogen-bond donors (Lipinski definition) is 1. The van der Waals surface area contributed by atoms with Gasteiger partial charge in [-0.25, -0.2) is 4.79 Å². The average molecular weight is 311 g/mol. The largest absolute Gasteiger partial charge is 0.478 e. The Morgan fingerprint density at radius 2 is 1.65 bits per heavy atom. The van der Waals surface area contributed by atoms with Crippen LogP contribution in [0.1, 0.15) is 61.4 Å². The van der Waals surface area contributed by atoms with Gasteiger partial charge in [-0.15, -0.1) is 0 Å². The quantitative estimate of drug-likeness (QED) is 0.635. The fourth-order valence-electron chi connectivity index (χ4n) is 2.64. The van der Waals surface area contributed by atoms with Crippen LogP contribution in [0.5, 0.6) is 0 Å². The van der Waals surface area contributed by atoms with Crippen LogP contribution in [-0.2, 0) is 6.42 Å². The molecule has 0 fully saturated rings. The summed E-state index contributed by atoms with van der Waals surface area (Å²) in [6, 6.07) is 11.8. The second-order valence-corrected chi connectivity index (χ2v) is 5.95. The van der Waals surface area contributed by atoms with E-state index in [-0.39, 0.29) is 5.56 Å². The number of aromatic carboxylic acids is 1. The van der Waals surface area contributed by atoms with Crippen LogP contribution >= 0.6 is 0 Å². The molecule has 1 heterocycles. The van der Waals surface area contributed by atoms with Crippen molar-refractivity contribution in [3.63, 3.8) is 0 Å². The van der Waals surface area contributed by atoms with Crippen molar-refractivity contribution in [2.75, 3.05) is 0 Å². The Kier molecular flexibility index (Phi) is 6.79. The Hall–Kier alpha value is -2.16. The number of pyridine rings is 1. The van der Waals surface area contributed by atoms with Gasteiger partial charge in [-0.3, -0.25) is 4.98 Å². The van der Waals surface area contributed by atoms with Crippen LogP contribution in [0.25, 0.3) is 11.3 Å². The lowest BCUT2D eigenvalue weighted by Gasteiger charge is -2.05. The number of carboxylic acids is 1. The molecule has 1 aromatic carbocycles. The monoisotopic (exact) mass is 311 g/mol. The molecule has 1 aromatic heterocycles. The van der Waals surface area contributed by atoms with Gasteiger partial charge in [-0.1, -0.05) is 63.3 Å². The molecular formula is C20H25NO2. The highest BCUT2D eigenvalue weighted by Crippen LogP contribution is 2.19. The maximum Gasteiger partial charge on any atom is 0.337 e. The third-order valence-corrected chi connectivity index (χ3v) is 4.08. The molecule has 0 atom stereocenters. The minimum atomic E-state index is -0.946. The van der Waals surface area contributed by atoms with Crippen molar-refractivity contribution >= 4 is 5.97 Å². The topological polar surface area (TPSA) is 50.2 Å². The zero-order chi connectivity index (χ0) is 16.5. The molecule has 3 nitrogen and oxygen atoms in total. The first-order valence-electron chi connectivity index (χ1n) is 8.49. The molecule has 0 bridgehead atoms. The maximum atomic E-state index is 10.8. The second-order valence-electron chi connectivity index (χ2n) is 5.95. The van der Waals surface area contributed by atoms with Gasteiger partial charge < -0.3 is 5.11 Å². The first kappa shape index (κ1) is 17.2. The number of aryl methyl sites for hydroxylation is 1. The lowest BCUT2D eigenvalue weighted by atomic mass is 10.0. The average Bonchev–Trinajstić information content (AvgIpc) is 2.58. The molecule has 23 heavy (non-hydrogen) atoms. The third kappa shape index (κ3) is 5.51. The van der Waals surface area contributed by atoms with E-state index in [1.165, 1.54) is 50.3 Å². The summed E-state index contributed by atoms with van der Waals surface area (Å²) in [7, 11) is 0. The molecule has 0 radical (unpaired) electrons. The van der Waals surface area contributed by atoms with Gasteiger partial charge >= 0.3 is 5.97 Å². The standard InChI is InChI=1S/C20H25NO2/c1-2-3-4-5-6-7-8-16-9-11-17(12-10-16)19-14-13-18(15-21-19)20(22)23/h9-15H,2-8H2,1H3,(H,22,23). The summed E-state index contributed by atoms with van der Waals surface area (Å²) in [5, 5.41) is 8.89. The van der Waals surface area contributed by atoms with Crippen molar-refractivity contribution in [1.82, 2.24) is 4.98 Å². The lowest BCUT2D eigenvalue weighted by Crippen LogP contribution is -1.97. The van der Waals surface area contributed by atoms with Crippen molar-refractivity contribution in [1.29, 1.82) is 0 Å². The first-order valence-corrected chi connectivity index (χ1v) is 8.49. The fourth-order valence-corrected chi connectivity index (χ4v) is 2.64. The van der Waals surface area contributed by atoms with Crippen LogP contribution in [0.15, 0.2) is 42.6 Å². The summed E-state index contributed by atoms with van der Waals surface area (Å²) < 4.78 is 0. The minimum Gasteiger partial charge on any atom is -0.478 e. The van der Waals surface area contributed by atoms with E-state index in [1.807, 2.05) is 0 Å². The van der Waals surface area contributed by atoms with Crippen molar-refractivity contribution in [2.24, 2.45) is 0 Å². The van der Waals surface area contributed by atoms with E-state index in [1.54, 1.807) is 12.1 Å². The van der Waals surface area contributed by atoms with Gasteiger partial charge in [0.2, 0.25) is 0 Å². The minimum absolute atomic E-state index is 0.216. The molecule has 0 unspecified atom stereocenters. The van der Waals surface area contributed by atoms with Crippen LogP contribution in [-0.4, -0.2) is 16.1 Å². The molecule has 122 valence electrons. The van der Waals surface area contributed by atoms with E-state index >= 15 is 0 Å². The molecule has 2 aromatic rings. The Bertz CT molecular complexity index is 603. The number of unbranched alkanes of at least 4 members (excludes halogenated alkanes) is 5. The number of aromatic nitrogens is 1. The molecule has 0 saturated heterocycles. The van der Waals surface area contributed by atoms with Crippen molar-refractivity contribution < 1.29 is 9.90 Å². The van der Waals surface area contributed by atoms with E-state index in [4.69, 9.17) is 5.11 Å². The number of carboxylic acid groups (broad SMARTS) is 1. The summed E-state index contributed by atoms with van der Waals surface area (Å²) in [6.07, 6.45) is 10.4. The zero-order valence-electron chi connectivity index (χ0n) is 13.8. The van der Waals surface area contributed by atoms with E-state index in [9.17, 15) is 4.79 Å². The Labute approximate surface area is 138 Å². The van der Waals surface area contributed by atoms with Gasteiger partial charge in [0.25, 0.3) is 0 Å². The molecule has 0 aliphatic carbocycles. The number of carbonyl (C=O) groups is 1. The second kappa shape index (κ2) is 9.09. The van der Waals surface area contributed by atoms with Gasteiger partial charge in [0.05, 0.1) is 11.3 Å². The summed E-state index contributed by atoms with van der Waals surface area (Å²) in [4.78, 5) is 15.1. The number of hydrogen-bond acceptors (Lipinski definition) is 2. The van der Waals surface area contributed by atoms with Gasteiger partial charge in [-0.2, -0.15) is 0 Å². The summed E-state index contributed by atoms with van der Waals surface area (Å²) in [5.41, 5.74) is 3.40. The predicted molar refractivity (Wildman–Crippen MR) is 93.7 cm³/mol. The molecule has 0 amide bonds. The normalized spacial score (nSPS) is 10.7. The van der Waals surface area contributed by atoms with Gasteiger partial charge in [-0.05, 0) is 30.5 Å². The zero-order valence-corrected chi connectivity index (χ0v) is 13.8. The lowest BCUT2D eigenvalue weighted by molar-refractivity contribution is 0.0696. The van der Waals surface area contributed by atoms with Crippen LogP contribution in [0.4, 0.5) is 0 Å². The van der Waals surface area contributed by atoms with Crippen LogP contribution < -0.4 is 0 Å². The predicted octanol–water partition coefficient (Wildman–Crippen LogP) is 5.35. The van der Waals surface area contributed by atoms with E-state index in [2.05, 4.69) is 36.2 Å². The van der Waals surface area contributed by atoms with Crippen LogP contribution in [0.2, 0.25) is 0 Å². The highest BCUT2D eigenvalue weighted by atomic mass is 16.4. The molecule has 2 rings (SSSR count). The summed E-state index contributed by atoms with van der Waals surface area (Å²) in [5.74, 6) is -0.946. The Balaban J connectivity index is 1.85. The fraction of sp³-hybridized carbons (Fsp3) is 0.400. The smallest absolute Gasteiger partial charge is 0.337 e. The van der Waals surface area contributed by atoms with Crippen molar-refractivity contribution in [3.05, 3.63) is 53.7 Å². The molecule has 0 aliphatic heterocycles. The Morgan fingerprint density at radius 1 is 0.957 bits per heavy atom. The van der Waals surface area contributed by atoms with Crippen molar-refractivity contribution in [2.45, 2.75) is 51.9 Å². The van der Waals surface area contributed by atoms with E-state index < -0.39 is 5.97 Å². The van der Waals surface area contributed by atoms with Crippen LogP contribution in [0, 0.1) is 0 Å². The van der Waals surface area contributed by atoms with Gasteiger partial charge in [0.1, 0.15) is 0 Å². The maximum absolute atomic E-state index is 10.8. The van der Waals surface area contributed by atoms with Crippen LogP contribution in [0.3, 0.4) is 0 Å². The van der Waals surface area contributed by atoms with Gasteiger partial charge in [0, 0.05) is 11.8 Å². The Morgan fingerprint density at radius 3 is 2.26 bits per heavy atom. The third-order valence-electron chi connectivity index (χ3n) is 4.08. The molecule has 0 spiro atoms. The van der Waals surface area contributed by atoms with E-state index in [0.717, 1.165) is 17.7 Å². The highest BCUT2D eigenvalue weighted by molar-refractivity contribution is 5.87. The number of benzene rings is 1. The number of nitrogens with zero attached hydrogens (tertiary/aromatic N) is 1.